The van der Waals surface area contributed by atoms with Crippen molar-refractivity contribution >= 4 is 23.3 Å². The molecule has 82 valence electrons. The summed E-state index contributed by atoms with van der Waals surface area (Å²) in [5.74, 6) is 0. The van der Waals surface area contributed by atoms with Crippen LogP contribution in [0.3, 0.4) is 0 Å². The van der Waals surface area contributed by atoms with Crippen molar-refractivity contribution in [2.75, 3.05) is 27.2 Å². The zero-order chi connectivity index (χ0) is 10.5. The first-order chi connectivity index (χ1) is 7.22. The van der Waals surface area contributed by atoms with Gasteiger partial charge in [-0.15, -0.1) is 11.3 Å². The monoisotopic (exact) mass is 240 g/mol. The van der Waals surface area contributed by atoms with Gasteiger partial charge in [-0.1, -0.05) is 0 Å². The summed E-state index contributed by atoms with van der Waals surface area (Å²) in [6.07, 6.45) is 2.56. The Morgan fingerprint density at radius 3 is 2.73 bits per heavy atom. The van der Waals surface area contributed by atoms with E-state index in [2.05, 4.69) is 34.7 Å². The molecule has 0 bridgehead atoms. The third-order valence-corrected chi connectivity index (χ3v) is 6.10. The van der Waals surface area contributed by atoms with Gasteiger partial charge in [0, 0.05) is 9.77 Å². The fraction of sp³-hybridized carbons (Fsp3) is 0.636. The fourth-order valence-electron chi connectivity index (χ4n) is 2.62. The molecule has 0 N–H and O–H groups in total. The molecular formula is C11H16N2S2. The maximum Gasteiger partial charge on any atom is 0.0690 e. The number of piperidine rings is 1. The minimum absolute atomic E-state index is 0.348. The third-order valence-electron chi connectivity index (χ3n) is 3.70. The molecule has 0 amide bonds. The predicted molar refractivity (Wildman–Crippen MR) is 66.3 cm³/mol. The summed E-state index contributed by atoms with van der Waals surface area (Å²) in [5, 5.41) is 2.24. The molecule has 2 aliphatic rings. The van der Waals surface area contributed by atoms with Crippen LogP contribution in [0.5, 0.6) is 0 Å². The van der Waals surface area contributed by atoms with Gasteiger partial charge >= 0.3 is 0 Å². The molecule has 1 aromatic heterocycles. The van der Waals surface area contributed by atoms with Crippen LogP contribution < -0.4 is 0 Å². The number of hydrogen-bond acceptors (Lipinski definition) is 4. The molecule has 0 saturated carbocycles. The van der Waals surface area contributed by atoms with Crippen LogP contribution in [-0.2, 0) is 5.54 Å². The predicted octanol–water partition coefficient (Wildman–Crippen LogP) is 2.62. The van der Waals surface area contributed by atoms with Crippen molar-refractivity contribution in [1.82, 2.24) is 9.21 Å². The van der Waals surface area contributed by atoms with Crippen LogP contribution in [0.4, 0.5) is 0 Å². The molecular weight excluding hydrogens is 224 g/mol. The molecule has 0 aliphatic carbocycles. The summed E-state index contributed by atoms with van der Waals surface area (Å²) >= 11 is 3.87. The summed E-state index contributed by atoms with van der Waals surface area (Å²) in [7, 11) is 4.48. The fourth-order valence-corrected chi connectivity index (χ4v) is 5.25. The lowest BCUT2D eigenvalue weighted by Gasteiger charge is -2.41. The van der Waals surface area contributed by atoms with Crippen molar-refractivity contribution in [3.8, 4) is 0 Å². The highest BCUT2D eigenvalue weighted by molar-refractivity contribution is 7.97. The second kappa shape index (κ2) is 3.48. The Labute approximate surface area is 99.4 Å². The van der Waals surface area contributed by atoms with Gasteiger partial charge in [0.25, 0.3) is 0 Å². The van der Waals surface area contributed by atoms with Crippen molar-refractivity contribution in [3.63, 3.8) is 0 Å². The third kappa shape index (κ3) is 1.39. The van der Waals surface area contributed by atoms with E-state index in [0.29, 0.717) is 5.54 Å². The van der Waals surface area contributed by atoms with Crippen molar-refractivity contribution in [2.45, 2.75) is 23.3 Å². The summed E-state index contributed by atoms with van der Waals surface area (Å²) < 4.78 is 2.49. The van der Waals surface area contributed by atoms with Crippen LogP contribution in [0.25, 0.3) is 0 Å². The highest BCUT2D eigenvalue weighted by Crippen LogP contribution is 2.54. The number of likely N-dealkylation sites (tertiary alicyclic amines) is 1. The van der Waals surface area contributed by atoms with Crippen LogP contribution >= 0.6 is 23.3 Å². The molecule has 3 rings (SSSR count). The molecule has 0 unspecified atom stereocenters. The molecule has 0 radical (unpaired) electrons. The first kappa shape index (κ1) is 10.1. The van der Waals surface area contributed by atoms with E-state index < -0.39 is 0 Å². The van der Waals surface area contributed by atoms with E-state index in [1.54, 1.807) is 4.88 Å². The van der Waals surface area contributed by atoms with E-state index in [4.69, 9.17) is 0 Å². The lowest BCUT2D eigenvalue weighted by atomic mass is 9.86. The van der Waals surface area contributed by atoms with Crippen LogP contribution in [0, 0.1) is 0 Å². The normalized spacial score (nSPS) is 26.0. The Morgan fingerprint density at radius 1 is 1.27 bits per heavy atom. The SMILES string of the molecule is CN1CCC2(CC1)c1sccc1SN2C. The van der Waals surface area contributed by atoms with Gasteiger partial charge in [-0.3, -0.25) is 0 Å². The molecule has 3 heterocycles. The number of hydrogen-bond donors (Lipinski definition) is 0. The molecule has 4 heteroatoms. The minimum Gasteiger partial charge on any atom is -0.306 e. The lowest BCUT2D eigenvalue weighted by Crippen LogP contribution is -2.45. The second-order valence-corrected chi connectivity index (χ2v) is 6.62. The molecule has 1 aromatic rings. The minimum atomic E-state index is 0.348. The van der Waals surface area contributed by atoms with E-state index in [1.807, 2.05) is 23.3 Å². The molecule has 15 heavy (non-hydrogen) atoms. The molecule has 2 aliphatic heterocycles. The summed E-state index contributed by atoms with van der Waals surface area (Å²) in [6, 6.07) is 2.27. The van der Waals surface area contributed by atoms with E-state index in [-0.39, 0.29) is 0 Å². The smallest absolute Gasteiger partial charge is 0.0690 e. The van der Waals surface area contributed by atoms with Gasteiger partial charge < -0.3 is 4.90 Å². The average molecular weight is 240 g/mol. The quantitative estimate of drug-likeness (QED) is 0.644. The van der Waals surface area contributed by atoms with Crippen LogP contribution in [-0.4, -0.2) is 36.4 Å². The topological polar surface area (TPSA) is 6.48 Å². The Hall–Kier alpha value is -0.0300. The Balaban J connectivity index is 1.97. The van der Waals surface area contributed by atoms with Gasteiger partial charge in [0.2, 0.25) is 0 Å². The number of rotatable bonds is 0. The molecule has 0 atom stereocenters. The first-order valence-electron chi connectivity index (χ1n) is 5.41. The molecule has 1 fully saturated rings. The zero-order valence-corrected chi connectivity index (χ0v) is 10.8. The highest BCUT2D eigenvalue weighted by Gasteiger charge is 2.46. The summed E-state index contributed by atoms with van der Waals surface area (Å²) in [4.78, 5) is 5.55. The maximum atomic E-state index is 2.49. The van der Waals surface area contributed by atoms with Crippen molar-refractivity contribution in [1.29, 1.82) is 0 Å². The molecule has 0 aromatic carbocycles. The number of fused-ring (bicyclic) bond motifs is 2. The number of nitrogens with zero attached hydrogens (tertiary/aromatic N) is 2. The second-order valence-electron chi connectivity index (χ2n) is 4.54. The van der Waals surface area contributed by atoms with Crippen LogP contribution in [0.2, 0.25) is 0 Å². The lowest BCUT2D eigenvalue weighted by molar-refractivity contribution is 0.118. The molecule has 1 spiro atoms. The van der Waals surface area contributed by atoms with Gasteiger partial charge in [0.1, 0.15) is 0 Å². The highest BCUT2D eigenvalue weighted by atomic mass is 32.2. The first-order valence-corrected chi connectivity index (χ1v) is 7.06. The van der Waals surface area contributed by atoms with Crippen LogP contribution in [0.1, 0.15) is 17.7 Å². The Kier molecular flexibility index (Phi) is 2.36. The van der Waals surface area contributed by atoms with E-state index in [9.17, 15) is 0 Å². The van der Waals surface area contributed by atoms with Gasteiger partial charge in [-0.2, -0.15) is 0 Å². The van der Waals surface area contributed by atoms with Crippen molar-refractivity contribution in [2.24, 2.45) is 0 Å². The van der Waals surface area contributed by atoms with Gasteiger partial charge in [0.15, 0.2) is 0 Å². The maximum absolute atomic E-state index is 2.49. The van der Waals surface area contributed by atoms with Gasteiger partial charge in [-0.05, 0) is 63.4 Å². The molecule has 2 nitrogen and oxygen atoms in total. The molecule has 1 saturated heterocycles. The van der Waals surface area contributed by atoms with Crippen molar-refractivity contribution < 1.29 is 0 Å². The number of thiophene rings is 1. The van der Waals surface area contributed by atoms with Crippen LogP contribution in [0.15, 0.2) is 16.3 Å². The largest absolute Gasteiger partial charge is 0.306 e. The Bertz CT molecular complexity index is 366. The van der Waals surface area contributed by atoms with Gasteiger partial charge in [0.05, 0.1) is 5.54 Å². The summed E-state index contributed by atoms with van der Waals surface area (Å²) in [6.45, 7) is 2.45. The van der Waals surface area contributed by atoms with E-state index >= 15 is 0 Å². The van der Waals surface area contributed by atoms with Gasteiger partial charge in [-0.25, -0.2) is 4.31 Å². The standard InChI is InChI=1S/C11H16N2S2/c1-12-6-4-11(5-7-12)10-9(3-8-14-10)15-13(11)2/h3,8H,4-7H2,1-2H3. The van der Waals surface area contributed by atoms with Crippen molar-refractivity contribution in [3.05, 3.63) is 16.3 Å². The zero-order valence-electron chi connectivity index (χ0n) is 9.19. The van der Waals surface area contributed by atoms with E-state index in [0.717, 1.165) is 0 Å². The van der Waals surface area contributed by atoms with E-state index in [1.165, 1.54) is 30.8 Å². The Morgan fingerprint density at radius 2 is 2.00 bits per heavy atom. The summed E-state index contributed by atoms with van der Waals surface area (Å²) in [5.41, 5.74) is 0.348. The average Bonchev–Trinajstić information content (AvgIpc) is 2.75.